The number of nitrogens with one attached hydrogen (secondary N) is 2. The largest absolute Gasteiger partial charge is 0.374 e. The van der Waals surface area contributed by atoms with E-state index < -0.39 is 12.1 Å². The zero-order chi connectivity index (χ0) is 22.9. The molecule has 1 aliphatic rings. The molecule has 0 radical (unpaired) electrons. The van der Waals surface area contributed by atoms with Gasteiger partial charge in [-0.05, 0) is 23.5 Å². The van der Waals surface area contributed by atoms with Crippen molar-refractivity contribution >= 4 is 17.7 Å². The summed E-state index contributed by atoms with van der Waals surface area (Å²) in [6.45, 7) is 4.47. The van der Waals surface area contributed by atoms with Crippen LogP contribution in [0.4, 0.5) is 0 Å². The van der Waals surface area contributed by atoms with Crippen molar-refractivity contribution in [3.63, 3.8) is 0 Å². The van der Waals surface area contributed by atoms with Gasteiger partial charge >= 0.3 is 0 Å². The highest BCUT2D eigenvalue weighted by Gasteiger charge is 2.39. The third kappa shape index (κ3) is 6.65. The van der Waals surface area contributed by atoms with Gasteiger partial charge in [0.1, 0.15) is 18.6 Å². The lowest BCUT2D eigenvalue weighted by atomic mass is 10.00. The second-order valence-electron chi connectivity index (χ2n) is 8.44. The van der Waals surface area contributed by atoms with Crippen LogP contribution in [-0.4, -0.2) is 47.9 Å². The fourth-order valence-electron chi connectivity index (χ4n) is 3.70. The van der Waals surface area contributed by atoms with E-state index in [2.05, 4.69) is 10.6 Å². The van der Waals surface area contributed by atoms with Gasteiger partial charge in [0.15, 0.2) is 0 Å². The highest BCUT2D eigenvalue weighted by molar-refractivity contribution is 5.98. The van der Waals surface area contributed by atoms with Crippen LogP contribution in [0.15, 0.2) is 60.7 Å². The number of rotatable bonds is 10. The molecule has 0 saturated carbocycles. The van der Waals surface area contributed by atoms with E-state index in [9.17, 15) is 14.4 Å². The molecule has 170 valence electrons. The molecule has 7 heteroatoms. The summed E-state index contributed by atoms with van der Waals surface area (Å²) >= 11 is 0. The van der Waals surface area contributed by atoms with Crippen LogP contribution in [0.5, 0.6) is 0 Å². The Balaban J connectivity index is 1.72. The maximum atomic E-state index is 13.1. The fourth-order valence-corrected chi connectivity index (χ4v) is 3.70. The van der Waals surface area contributed by atoms with Gasteiger partial charge in [-0.15, -0.1) is 0 Å². The molecule has 0 aliphatic carbocycles. The molecular formula is C25H31N3O4. The number of amides is 3. The van der Waals surface area contributed by atoms with E-state index in [-0.39, 0.29) is 36.8 Å². The van der Waals surface area contributed by atoms with Crippen molar-refractivity contribution in [1.29, 1.82) is 0 Å². The van der Waals surface area contributed by atoms with Crippen molar-refractivity contribution < 1.29 is 19.1 Å². The summed E-state index contributed by atoms with van der Waals surface area (Å²) in [4.78, 5) is 40.0. The summed E-state index contributed by atoms with van der Waals surface area (Å²) in [6.07, 6.45) is 0.518. The molecule has 3 rings (SSSR count). The molecule has 1 saturated heterocycles. The third-order valence-corrected chi connectivity index (χ3v) is 5.31. The third-order valence-electron chi connectivity index (χ3n) is 5.31. The SMILES string of the molecule is CC(C)C[C@@H]1NC(=O)CN(C(COCc2ccccc2)C(=O)NCc2ccccc2)C1=O. The van der Waals surface area contributed by atoms with E-state index in [1.165, 1.54) is 4.90 Å². The molecule has 0 spiro atoms. The number of nitrogens with zero attached hydrogens (tertiary/aromatic N) is 1. The highest BCUT2D eigenvalue weighted by atomic mass is 16.5. The van der Waals surface area contributed by atoms with Crippen LogP contribution in [0.25, 0.3) is 0 Å². The predicted molar refractivity (Wildman–Crippen MR) is 121 cm³/mol. The van der Waals surface area contributed by atoms with Crippen LogP contribution < -0.4 is 10.6 Å². The van der Waals surface area contributed by atoms with Gasteiger partial charge in [-0.3, -0.25) is 14.4 Å². The van der Waals surface area contributed by atoms with Crippen LogP contribution in [0.3, 0.4) is 0 Å². The Kier molecular flexibility index (Phi) is 8.39. The van der Waals surface area contributed by atoms with Crippen molar-refractivity contribution in [3.05, 3.63) is 71.8 Å². The first-order chi connectivity index (χ1) is 15.4. The van der Waals surface area contributed by atoms with Crippen LogP contribution >= 0.6 is 0 Å². The van der Waals surface area contributed by atoms with Gasteiger partial charge in [0.25, 0.3) is 0 Å². The molecule has 0 bridgehead atoms. The second-order valence-corrected chi connectivity index (χ2v) is 8.44. The van der Waals surface area contributed by atoms with Gasteiger partial charge in [0, 0.05) is 6.54 Å². The van der Waals surface area contributed by atoms with E-state index >= 15 is 0 Å². The Bertz CT molecular complexity index is 902. The maximum Gasteiger partial charge on any atom is 0.246 e. The highest BCUT2D eigenvalue weighted by Crippen LogP contribution is 2.15. The number of hydrogen-bond acceptors (Lipinski definition) is 4. The molecule has 7 nitrogen and oxygen atoms in total. The molecule has 1 fully saturated rings. The van der Waals surface area contributed by atoms with Crippen molar-refractivity contribution in [2.45, 2.75) is 45.5 Å². The topological polar surface area (TPSA) is 87.7 Å². The van der Waals surface area contributed by atoms with Gasteiger partial charge in [-0.25, -0.2) is 0 Å². The van der Waals surface area contributed by atoms with E-state index in [1.807, 2.05) is 74.5 Å². The lowest BCUT2D eigenvalue weighted by Gasteiger charge is -2.37. The zero-order valence-corrected chi connectivity index (χ0v) is 18.6. The molecule has 1 aliphatic heterocycles. The maximum absolute atomic E-state index is 13.1. The quantitative estimate of drug-likeness (QED) is 0.597. The number of piperazine rings is 1. The lowest BCUT2D eigenvalue weighted by molar-refractivity contribution is -0.152. The summed E-state index contributed by atoms with van der Waals surface area (Å²) in [5.74, 6) is -0.627. The van der Waals surface area contributed by atoms with E-state index in [0.717, 1.165) is 11.1 Å². The normalized spacial score (nSPS) is 17.2. The minimum Gasteiger partial charge on any atom is -0.374 e. The molecule has 2 N–H and O–H groups in total. The molecule has 1 unspecified atom stereocenters. The first-order valence-corrected chi connectivity index (χ1v) is 11.0. The van der Waals surface area contributed by atoms with E-state index in [1.54, 1.807) is 0 Å². The average Bonchev–Trinajstić information content (AvgIpc) is 2.78. The number of hydrogen-bond donors (Lipinski definition) is 2. The standard InChI is InChI=1S/C25H31N3O4/c1-18(2)13-21-25(31)28(15-23(29)27-21)22(17-32-16-20-11-7-4-8-12-20)24(30)26-14-19-9-5-3-6-10-19/h3-12,18,21-22H,13-17H2,1-2H3,(H,26,30)(H,27,29)/t21-,22?/m0/s1. The average molecular weight is 438 g/mol. The molecule has 2 atom stereocenters. The van der Waals surface area contributed by atoms with Crippen LogP contribution in [0.1, 0.15) is 31.4 Å². The van der Waals surface area contributed by atoms with Gasteiger partial charge < -0.3 is 20.3 Å². The Morgan fingerprint density at radius 3 is 2.31 bits per heavy atom. The minimum atomic E-state index is -0.893. The van der Waals surface area contributed by atoms with Crippen LogP contribution in [-0.2, 0) is 32.3 Å². The summed E-state index contributed by atoms with van der Waals surface area (Å²) in [6, 6.07) is 17.6. The predicted octanol–water partition coefficient (Wildman–Crippen LogP) is 2.26. The van der Waals surface area contributed by atoms with Crippen molar-refractivity contribution in [3.8, 4) is 0 Å². The van der Waals surface area contributed by atoms with Crippen LogP contribution in [0.2, 0.25) is 0 Å². The van der Waals surface area contributed by atoms with Crippen LogP contribution in [0, 0.1) is 5.92 Å². The number of carbonyl (C=O) groups excluding carboxylic acids is 3. The number of benzene rings is 2. The fraction of sp³-hybridized carbons (Fsp3) is 0.400. The first-order valence-electron chi connectivity index (χ1n) is 11.0. The van der Waals surface area contributed by atoms with Crippen molar-refractivity contribution in [2.24, 2.45) is 5.92 Å². The Hall–Kier alpha value is -3.19. The van der Waals surface area contributed by atoms with Gasteiger partial charge in [-0.1, -0.05) is 74.5 Å². The van der Waals surface area contributed by atoms with E-state index in [0.29, 0.717) is 19.6 Å². The Labute approximate surface area is 189 Å². The number of ether oxygens (including phenoxy) is 1. The zero-order valence-electron chi connectivity index (χ0n) is 18.6. The number of carbonyl (C=O) groups is 3. The molecular weight excluding hydrogens is 406 g/mol. The van der Waals surface area contributed by atoms with Gasteiger partial charge in [-0.2, -0.15) is 0 Å². The summed E-state index contributed by atoms with van der Waals surface area (Å²) in [5, 5.41) is 5.65. The molecule has 3 amide bonds. The molecule has 32 heavy (non-hydrogen) atoms. The van der Waals surface area contributed by atoms with E-state index in [4.69, 9.17) is 4.74 Å². The van der Waals surface area contributed by atoms with Crippen molar-refractivity contribution in [1.82, 2.24) is 15.5 Å². The lowest BCUT2D eigenvalue weighted by Crippen LogP contribution is -2.64. The molecule has 2 aromatic carbocycles. The minimum absolute atomic E-state index is 0.00291. The summed E-state index contributed by atoms with van der Waals surface area (Å²) in [5.41, 5.74) is 1.92. The summed E-state index contributed by atoms with van der Waals surface area (Å²) in [7, 11) is 0. The van der Waals surface area contributed by atoms with Crippen molar-refractivity contribution in [2.75, 3.05) is 13.2 Å². The molecule has 0 aromatic heterocycles. The summed E-state index contributed by atoms with van der Waals surface area (Å²) < 4.78 is 5.82. The van der Waals surface area contributed by atoms with Gasteiger partial charge in [0.05, 0.1) is 13.2 Å². The Morgan fingerprint density at radius 1 is 1.06 bits per heavy atom. The monoisotopic (exact) mass is 437 g/mol. The second kappa shape index (κ2) is 11.4. The van der Waals surface area contributed by atoms with Gasteiger partial charge in [0.2, 0.25) is 17.7 Å². The first kappa shape index (κ1) is 23.5. The smallest absolute Gasteiger partial charge is 0.246 e. The Morgan fingerprint density at radius 2 is 1.69 bits per heavy atom. The molecule has 1 heterocycles. The molecule has 2 aromatic rings.